The van der Waals surface area contributed by atoms with Gasteiger partial charge in [0.15, 0.2) is 0 Å². The topological polar surface area (TPSA) is 26.0 Å². The summed E-state index contributed by atoms with van der Waals surface area (Å²) in [4.78, 5) is 0. The molecule has 0 aliphatic heterocycles. The lowest BCUT2D eigenvalue weighted by molar-refractivity contribution is 0.587. The summed E-state index contributed by atoms with van der Waals surface area (Å²) in [5.74, 6) is 0. The van der Waals surface area contributed by atoms with Crippen molar-refractivity contribution in [3.63, 3.8) is 0 Å². The van der Waals surface area contributed by atoms with Crippen LogP contribution in [0.5, 0.6) is 0 Å². The molecule has 0 heterocycles. The van der Waals surface area contributed by atoms with Crippen molar-refractivity contribution in [2.45, 2.75) is 53.9 Å². The van der Waals surface area contributed by atoms with E-state index in [1.807, 2.05) is 0 Å². The van der Waals surface area contributed by atoms with E-state index in [1.54, 1.807) is 0 Å². The first-order chi connectivity index (χ1) is 6.68. The van der Waals surface area contributed by atoms with Crippen LogP contribution in [0.1, 0.15) is 48.6 Å². The molecule has 15 heavy (non-hydrogen) atoms. The Morgan fingerprint density at radius 3 is 1.53 bits per heavy atom. The van der Waals surface area contributed by atoms with Crippen LogP contribution in [0.15, 0.2) is 0 Å². The average molecular weight is 205 g/mol. The fraction of sp³-hybridized carbons (Fsp3) is 0.571. The van der Waals surface area contributed by atoms with Crippen molar-refractivity contribution in [3.05, 3.63) is 27.8 Å². The lowest BCUT2D eigenvalue weighted by Gasteiger charge is -2.27. The van der Waals surface area contributed by atoms with Gasteiger partial charge in [0.1, 0.15) is 0 Å². The van der Waals surface area contributed by atoms with Crippen molar-refractivity contribution >= 4 is 5.69 Å². The van der Waals surface area contributed by atoms with Gasteiger partial charge in [-0.1, -0.05) is 20.8 Å². The third kappa shape index (κ3) is 1.88. The maximum Gasteiger partial charge on any atom is 0.0387 e. The average Bonchev–Trinajstić information content (AvgIpc) is 2.09. The summed E-state index contributed by atoms with van der Waals surface area (Å²) in [5, 5.41) is 0. The SMILES string of the molecule is Cc1c(C)c(C)c(C(C)(C)C)c(N)c1C. The van der Waals surface area contributed by atoms with Gasteiger partial charge in [-0.05, 0) is 60.9 Å². The first-order valence-electron chi connectivity index (χ1n) is 5.54. The largest absolute Gasteiger partial charge is 0.398 e. The van der Waals surface area contributed by atoms with E-state index in [4.69, 9.17) is 5.73 Å². The quantitative estimate of drug-likeness (QED) is 0.640. The fourth-order valence-electron chi connectivity index (χ4n) is 2.31. The molecule has 1 rings (SSSR count). The van der Waals surface area contributed by atoms with Crippen LogP contribution in [0.25, 0.3) is 0 Å². The van der Waals surface area contributed by atoms with Crippen LogP contribution in [0.2, 0.25) is 0 Å². The van der Waals surface area contributed by atoms with Crippen molar-refractivity contribution in [2.75, 3.05) is 5.73 Å². The zero-order valence-electron chi connectivity index (χ0n) is 11.1. The van der Waals surface area contributed by atoms with E-state index in [0.717, 1.165) is 5.69 Å². The molecular formula is C14H23N. The molecule has 0 aliphatic carbocycles. The lowest BCUT2D eigenvalue weighted by atomic mass is 9.79. The highest BCUT2D eigenvalue weighted by atomic mass is 14.6. The highest BCUT2D eigenvalue weighted by Crippen LogP contribution is 2.36. The number of nitrogen functional groups attached to an aromatic ring is 1. The monoisotopic (exact) mass is 205 g/mol. The van der Waals surface area contributed by atoms with E-state index < -0.39 is 0 Å². The maximum atomic E-state index is 6.24. The normalized spacial score (nSPS) is 11.9. The van der Waals surface area contributed by atoms with Crippen LogP contribution in [0, 0.1) is 27.7 Å². The third-order valence-corrected chi connectivity index (χ3v) is 3.49. The molecule has 2 N–H and O–H groups in total. The minimum atomic E-state index is 0.122. The Hall–Kier alpha value is -0.980. The standard InChI is InChI=1S/C14H23N/c1-8-9(2)11(4)13(15)12(10(8)3)14(5,6)7/h15H2,1-7H3. The minimum Gasteiger partial charge on any atom is -0.398 e. The minimum absolute atomic E-state index is 0.122. The number of rotatable bonds is 0. The summed E-state index contributed by atoms with van der Waals surface area (Å²) >= 11 is 0. The van der Waals surface area contributed by atoms with Gasteiger partial charge < -0.3 is 5.73 Å². The zero-order chi connectivity index (χ0) is 12.0. The van der Waals surface area contributed by atoms with Gasteiger partial charge in [0, 0.05) is 5.69 Å². The molecule has 0 aromatic heterocycles. The summed E-state index contributed by atoms with van der Waals surface area (Å²) in [6.45, 7) is 15.3. The Labute approximate surface area is 93.7 Å². The molecule has 0 saturated carbocycles. The number of nitrogens with two attached hydrogens (primary N) is 1. The fourth-order valence-corrected chi connectivity index (χ4v) is 2.31. The Balaban J connectivity index is 3.68. The molecular weight excluding hydrogens is 182 g/mol. The molecule has 0 aliphatic rings. The summed E-state index contributed by atoms with van der Waals surface area (Å²) in [6, 6.07) is 0. The predicted molar refractivity (Wildman–Crippen MR) is 68.5 cm³/mol. The number of hydrogen-bond acceptors (Lipinski definition) is 1. The Morgan fingerprint density at radius 2 is 1.13 bits per heavy atom. The van der Waals surface area contributed by atoms with Crippen LogP contribution < -0.4 is 5.73 Å². The second-order valence-corrected chi connectivity index (χ2v) is 5.54. The highest BCUT2D eigenvalue weighted by Gasteiger charge is 2.22. The molecule has 1 heteroatoms. The summed E-state index contributed by atoms with van der Waals surface area (Å²) in [5.41, 5.74) is 13.9. The van der Waals surface area contributed by atoms with Crippen LogP contribution in [0.4, 0.5) is 5.69 Å². The van der Waals surface area contributed by atoms with Gasteiger partial charge in [-0.15, -0.1) is 0 Å². The number of anilines is 1. The van der Waals surface area contributed by atoms with Gasteiger partial charge >= 0.3 is 0 Å². The van der Waals surface area contributed by atoms with E-state index in [1.165, 1.54) is 27.8 Å². The summed E-state index contributed by atoms with van der Waals surface area (Å²) < 4.78 is 0. The van der Waals surface area contributed by atoms with E-state index >= 15 is 0 Å². The molecule has 0 bridgehead atoms. The second-order valence-electron chi connectivity index (χ2n) is 5.54. The van der Waals surface area contributed by atoms with Crippen molar-refractivity contribution in [3.8, 4) is 0 Å². The van der Waals surface area contributed by atoms with Gasteiger partial charge in [0.25, 0.3) is 0 Å². The molecule has 0 amide bonds. The van der Waals surface area contributed by atoms with E-state index in [9.17, 15) is 0 Å². The third-order valence-electron chi connectivity index (χ3n) is 3.49. The van der Waals surface area contributed by atoms with E-state index in [2.05, 4.69) is 48.5 Å². The van der Waals surface area contributed by atoms with Crippen LogP contribution in [-0.2, 0) is 5.41 Å². The number of hydrogen-bond donors (Lipinski definition) is 1. The molecule has 0 radical (unpaired) electrons. The van der Waals surface area contributed by atoms with Crippen LogP contribution in [0.3, 0.4) is 0 Å². The van der Waals surface area contributed by atoms with Crippen molar-refractivity contribution < 1.29 is 0 Å². The highest BCUT2D eigenvalue weighted by molar-refractivity contribution is 5.64. The van der Waals surface area contributed by atoms with Gasteiger partial charge in [-0.25, -0.2) is 0 Å². The predicted octanol–water partition coefficient (Wildman–Crippen LogP) is 3.80. The summed E-state index contributed by atoms with van der Waals surface area (Å²) in [7, 11) is 0. The summed E-state index contributed by atoms with van der Waals surface area (Å²) in [6.07, 6.45) is 0. The Kier molecular flexibility index (Phi) is 2.86. The molecule has 0 atom stereocenters. The lowest BCUT2D eigenvalue weighted by Crippen LogP contribution is -2.18. The molecule has 0 unspecified atom stereocenters. The number of benzene rings is 1. The van der Waals surface area contributed by atoms with Crippen molar-refractivity contribution in [2.24, 2.45) is 0 Å². The van der Waals surface area contributed by atoms with Gasteiger partial charge in [0.2, 0.25) is 0 Å². The van der Waals surface area contributed by atoms with Crippen molar-refractivity contribution in [1.82, 2.24) is 0 Å². The zero-order valence-corrected chi connectivity index (χ0v) is 11.1. The molecule has 1 aromatic rings. The molecule has 0 spiro atoms. The van der Waals surface area contributed by atoms with Gasteiger partial charge in [-0.2, -0.15) is 0 Å². The first kappa shape index (κ1) is 12.1. The Bertz CT molecular complexity index is 366. The molecule has 0 fully saturated rings. The molecule has 1 aromatic carbocycles. The van der Waals surface area contributed by atoms with E-state index in [0.29, 0.717) is 0 Å². The smallest absolute Gasteiger partial charge is 0.0387 e. The van der Waals surface area contributed by atoms with Crippen LogP contribution >= 0.6 is 0 Å². The molecule has 84 valence electrons. The maximum absolute atomic E-state index is 6.24. The Morgan fingerprint density at radius 1 is 0.733 bits per heavy atom. The molecule has 1 nitrogen and oxygen atoms in total. The van der Waals surface area contributed by atoms with Crippen molar-refractivity contribution in [1.29, 1.82) is 0 Å². The van der Waals surface area contributed by atoms with Crippen LogP contribution in [-0.4, -0.2) is 0 Å². The van der Waals surface area contributed by atoms with Gasteiger partial charge in [-0.3, -0.25) is 0 Å². The second kappa shape index (κ2) is 3.55. The first-order valence-corrected chi connectivity index (χ1v) is 5.54. The molecule has 0 saturated heterocycles. The van der Waals surface area contributed by atoms with E-state index in [-0.39, 0.29) is 5.41 Å². The van der Waals surface area contributed by atoms with Gasteiger partial charge in [0.05, 0.1) is 0 Å².